The van der Waals surface area contributed by atoms with Crippen molar-refractivity contribution in [1.29, 1.82) is 0 Å². The van der Waals surface area contributed by atoms with Gasteiger partial charge in [-0.05, 0) is 125 Å². The van der Waals surface area contributed by atoms with Crippen molar-refractivity contribution in [1.82, 2.24) is 8.80 Å². The van der Waals surface area contributed by atoms with Gasteiger partial charge >= 0.3 is 0 Å². The van der Waals surface area contributed by atoms with Gasteiger partial charge in [0.25, 0.3) is 0 Å². The van der Waals surface area contributed by atoms with Gasteiger partial charge in [-0.1, -0.05) is 182 Å². The molecule has 310 valence electrons. The molecule has 0 spiro atoms. The highest BCUT2D eigenvalue weighted by molar-refractivity contribution is 6.30. The van der Waals surface area contributed by atoms with Crippen LogP contribution in [0.3, 0.4) is 0 Å². The molecule has 0 N–H and O–H groups in total. The van der Waals surface area contributed by atoms with E-state index in [1.807, 2.05) is 0 Å². The Labute approximate surface area is 390 Å². The third kappa shape index (κ3) is 4.26. The molecule has 2 heteroatoms. The van der Waals surface area contributed by atoms with E-state index in [0.717, 1.165) is 0 Å². The van der Waals surface area contributed by atoms with Crippen molar-refractivity contribution in [2.24, 2.45) is 0 Å². The van der Waals surface area contributed by atoms with Crippen LogP contribution >= 0.6 is 0 Å². The number of fused-ring (bicyclic) bond motifs is 28. The first-order valence-corrected chi connectivity index (χ1v) is 23.8. The summed E-state index contributed by atoms with van der Waals surface area (Å²) in [5, 5.41) is 10.3. The first kappa shape index (κ1) is 35.3. The summed E-state index contributed by atoms with van der Waals surface area (Å²) in [5.41, 5.74) is 27.9. The highest BCUT2D eigenvalue weighted by atomic mass is 14.9. The number of benzene rings is 11. The first-order chi connectivity index (χ1) is 33.8. The first-order valence-electron chi connectivity index (χ1n) is 23.8. The molecule has 68 heavy (non-hydrogen) atoms. The molecule has 2 aliphatic carbocycles. The van der Waals surface area contributed by atoms with Crippen LogP contribution in [0.2, 0.25) is 0 Å². The second-order valence-corrected chi connectivity index (χ2v) is 19.1. The zero-order valence-electron chi connectivity index (χ0n) is 36.7. The van der Waals surface area contributed by atoms with Gasteiger partial charge < -0.3 is 8.80 Å². The summed E-state index contributed by atoms with van der Waals surface area (Å²) in [5.74, 6) is 0. The molecule has 0 aliphatic heterocycles. The van der Waals surface area contributed by atoms with Crippen LogP contribution in [0.4, 0.5) is 0 Å². The van der Waals surface area contributed by atoms with Crippen LogP contribution in [-0.2, 0) is 0 Å². The molecule has 2 nitrogen and oxygen atoms in total. The smallest absolute Gasteiger partial charge is 0.0620 e. The van der Waals surface area contributed by atoms with Crippen LogP contribution in [0.5, 0.6) is 0 Å². The quantitative estimate of drug-likeness (QED) is 0.144. The molecule has 0 saturated carbocycles. The summed E-state index contributed by atoms with van der Waals surface area (Å²) in [6, 6.07) is 82.7. The molecular weight excluding hydrogens is 821 g/mol. The standard InChI is InChI=1S/C66H36N2/c1-3-17-39-37(15-1)41-19-5-9-23-45(41)53-31-57-49-27-13-29-51-59-36-64-60(35-63(59)67(65(49)51)61(57)33-55(53)47-25-11-7-21-43(39)47)52-30-14-28-50-58-32-54-46-24-10-6-20-42(46)38-16-2-4-18-40(38)44-22-8-12-26-48(44)56(54)34-62(58)68(64)66(50)52/h1-36H. The van der Waals surface area contributed by atoms with Crippen LogP contribution in [0.1, 0.15) is 0 Å². The monoisotopic (exact) mass is 856 g/mol. The maximum atomic E-state index is 2.58. The molecular formula is C66H36N2. The summed E-state index contributed by atoms with van der Waals surface area (Å²) in [4.78, 5) is 0. The van der Waals surface area contributed by atoms with Gasteiger partial charge in [-0.25, -0.2) is 0 Å². The van der Waals surface area contributed by atoms with E-state index in [1.54, 1.807) is 0 Å². The second kappa shape index (κ2) is 12.5. The fraction of sp³-hybridized carbons (Fsp3) is 0. The Balaban J connectivity index is 0.978. The summed E-state index contributed by atoms with van der Waals surface area (Å²) in [6.45, 7) is 0. The lowest BCUT2D eigenvalue weighted by Gasteiger charge is -2.23. The predicted molar refractivity (Wildman–Crippen MR) is 286 cm³/mol. The zero-order chi connectivity index (χ0) is 43.9. The molecule has 4 aromatic heterocycles. The van der Waals surface area contributed by atoms with Gasteiger partial charge in [0.2, 0.25) is 0 Å². The van der Waals surface area contributed by atoms with Crippen molar-refractivity contribution in [3.8, 4) is 89.0 Å². The molecule has 2 aliphatic rings. The summed E-state index contributed by atoms with van der Waals surface area (Å²) >= 11 is 0. The minimum Gasteiger partial charge on any atom is -0.308 e. The molecule has 0 atom stereocenters. The average molecular weight is 857 g/mol. The number of nitrogens with zero attached hydrogens (tertiary/aromatic N) is 2. The Hall–Kier alpha value is -8.98. The lowest BCUT2D eigenvalue weighted by Crippen LogP contribution is -1.97. The van der Waals surface area contributed by atoms with Crippen LogP contribution < -0.4 is 0 Å². The number of para-hydroxylation sites is 2. The molecule has 15 aromatic rings. The molecule has 0 radical (unpaired) electrons. The van der Waals surface area contributed by atoms with Crippen molar-refractivity contribution in [3.63, 3.8) is 0 Å². The van der Waals surface area contributed by atoms with Crippen molar-refractivity contribution >= 4 is 76.2 Å². The van der Waals surface area contributed by atoms with Crippen molar-refractivity contribution in [3.05, 3.63) is 218 Å². The van der Waals surface area contributed by atoms with Crippen molar-refractivity contribution in [2.75, 3.05) is 0 Å². The van der Waals surface area contributed by atoms with Crippen molar-refractivity contribution in [2.45, 2.75) is 0 Å². The van der Waals surface area contributed by atoms with E-state index < -0.39 is 0 Å². The lowest BCUT2D eigenvalue weighted by atomic mass is 9.80. The van der Waals surface area contributed by atoms with Crippen LogP contribution in [0.15, 0.2) is 218 Å². The molecule has 0 unspecified atom stereocenters. The zero-order valence-corrected chi connectivity index (χ0v) is 36.7. The maximum absolute atomic E-state index is 2.58. The highest BCUT2D eigenvalue weighted by Gasteiger charge is 2.28. The number of hydrogen-bond donors (Lipinski definition) is 0. The largest absolute Gasteiger partial charge is 0.308 e. The van der Waals surface area contributed by atoms with Gasteiger partial charge in [-0.3, -0.25) is 0 Å². The second-order valence-electron chi connectivity index (χ2n) is 19.1. The third-order valence-corrected chi connectivity index (χ3v) is 15.9. The van der Waals surface area contributed by atoms with Crippen LogP contribution in [0.25, 0.3) is 165 Å². The minimum absolute atomic E-state index is 1.24. The molecule has 4 heterocycles. The molecule has 17 rings (SSSR count). The van der Waals surface area contributed by atoms with Gasteiger partial charge in [-0.2, -0.15) is 0 Å². The van der Waals surface area contributed by atoms with E-state index >= 15 is 0 Å². The van der Waals surface area contributed by atoms with Gasteiger partial charge in [0, 0.05) is 43.1 Å². The molecule has 0 bridgehead atoms. The van der Waals surface area contributed by atoms with Gasteiger partial charge in [0.15, 0.2) is 0 Å². The summed E-state index contributed by atoms with van der Waals surface area (Å²) in [7, 11) is 0. The average Bonchev–Trinajstić information content (AvgIpc) is 4.12. The number of rotatable bonds is 0. The van der Waals surface area contributed by atoms with Crippen molar-refractivity contribution < 1.29 is 0 Å². The molecule has 0 amide bonds. The summed E-state index contributed by atoms with van der Waals surface area (Å²) < 4.78 is 5.16. The number of aromatic nitrogens is 2. The number of hydrogen-bond acceptors (Lipinski definition) is 0. The fourth-order valence-corrected chi connectivity index (χ4v) is 13.1. The van der Waals surface area contributed by atoms with E-state index in [0.29, 0.717) is 0 Å². The lowest BCUT2D eigenvalue weighted by molar-refractivity contribution is 1.36. The molecule has 0 saturated heterocycles. The highest BCUT2D eigenvalue weighted by Crippen LogP contribution is 2.53. The Morgan fingerprint density at radius 2 is 0.368 bits per heavy atom. The maximum Gasteiger partial charge on any atom is 0.0620 e. The van der Waals surface area contributed by atoms with E-state index in [4.69, 9.17) is 0 Å². The van der Waals surface area contributed by atoms with Crippen LogP contribution in [0, 0.1) is 0 Å². The van der Waals surface area contributed by atoms with E-state index in [1.165, 1.54) is 165 Å². The normalized spacial score (nSPS) is 12.7. The van der Waals surface area contributed by atoms with E-state index in [-0.39, 0.29) is 0 Å². The molecule has 0 fully saturated rings. The summed E-state index contributed by atoms with van der Waals surface area (Å²) in [6.07, 6.45) is 0. The Kier molecular flexibility index (Phi) is 6.47. The minimum atomic E-state index is 1.24. The SMILES string of the molecule is c1ccc2c(c1)-c1ccccc1-c1cc3c4cccc5c6cc7c(cc6n(c3cc1-c1ccccc1-2)c45)c1cccc2c3cc4c(cc3n7c21)-c1ccccc1-c1ccccc1-c1ccccc1-4. The Bertz CT molecular complexity index is 4430. The Morgan fingerprint density at radius 3 is 0.632 bits per heavy atom. The van der Waals surface area contributed by atoms with Gasteiger partial charge in [0.05, 0.1) is 33.1 Å². The fourth-order valence-electron chi connectivity index (χ4n) is 13.1. The van der Waals surface area contributed by atoms with Gasteiger partial charge in [-0.15, -0.1) is 0 Å². The topological polar surface area (TPSA) is 8.82 Å². The van der Waals surface area contributed by atoms with E-state index in [9.17, 15) is 0 Å². The van der Waals surface area contributed by atoms with Gasteiger partial charge in [0.1, 0.15) is 0 Å². The predicted octanol–water partition coefficient (Wildman–Crippen LogP) is 17.9. The van der Waals surface area contributed by atoms with E-state index in [2.05, 4.69) is 227 Å². The molecule has 11 aromatic carbocycles. The van der Waals surface area contributed by atoms with Crippen LogP contribution in [-0.4, -0.2) is 8.80 Å². The third-order valence-electron chi connectivity index (χ3n) is 15.9. The Morgan fingerprint density at radius 1 is 0.162 bits per heavy atom.